The highest BCUT2D eigenvalue weighted by molar-refractivity contribution is 9.10. The fourth-order valence-corrected chi connectivity index (χ4v) is 4.54. The van der Waals surface area contributed by atoms with E-state index in [0.29, 0.717) is 10.4 Å². The summed E-state index contributed by atoms with van der Waals surface area (Å²) in [4.78, 5) is 16.0. The van der Waals surface area contributed by atoms with Crippen LogP contribution in [0.3, 0.4) is 0 Å². The van der Waals surface area contributed by atoms with Crippen LogP contribution in [-0.2, 0) is 13.0 Å². The van der Waals surface area contributed by atoms with E-state index < -0.39 is 0 Å². The molecule has 0 spiro atoms. The molecule has 0 fully saturated rings. The van der Waals surface area contributed by atoms with Crippen molar-refractivity contribution in [3.8, 4) is 0 Å². The molecule has 2 aromatic rings. The number of halogens is 1. The van der Waals surface area contributed by atoms with E-state index in [1.165, 1.54) is 10.4 Å². The molecule has 4 rings (SSSR count). The van der Waals surface area contributed by atoms with Crippen molar-refractivity contribution in [2.75, 3.05) is 18.9 Å². The predicted octanol–water partition coefficient (Wildman–Crippen LogP) is 2.95. The average Bonchev–Trinajstić information content (AvgIpc) is 3.01. The third kappa shape index (κ3) is 2.20. The lowest BCUT2D eigenvalue weighted by Gasteiger charge is -2.25. The molecule has 2 aliphatic rings. The molecule has 4 heterocycles. The smallest absolute Gasteiger partial charge is 0.256 e. The largest absolute Gasteiger partial charge is 0.450 e. The van der Waals surface area contributed by atoms with Gasteiger partial charge in [0.25, 0.3) is 5.91 Å². The van der Waals surface area contributed by atoms with Crippen molar-refractivity contribution in [3.63, 3.8) is 0 Å². The number of nitrogens with zero attached hydrogens (tertiary/aromatic N) is 1. The maximum Gasteiger partial charge on any atom is 0.256 e. The van der Waals surface area contributed by atoms with Crippen LogP contribution in [0.5, 0.6) is 0 Å². The summed E-state index contributed by atoms with van der Waals surface area (Å²) in [5, 5.41) is 7.32. The average molecular weight is 368 g/mol. The van der Waals surface area contributed by atoms with Gasteiger partial charge in [0.1, 0.15) is 10.8 Å². The Balaban J connectivity index is 1.71. The molecule has 21 heavy (non-hydrogen) atoms. The van der Waals surface area contributed by atoms with E-state index in [0.717, 1.165) is 30.1 Å². The van der Waals surface area contributed by atoms with Gasteiger partial charge in [0.15, 0.2) is 10.8 Å². The van der Waals surface area contributed by atoms with Gasteiger partial charge in [-0.05, 0) is 47.1 Å². The lowest BCUT2D eigenvalue weighted by Crippen LogP contribution is -2.38. The van der Waals surface area contributed by atoms with Crippen LogP contribution in [0.4, 0.5) is 5.00 Å². The number of furan rings is 1. The molecule has 110 valence electrons. The fraction of sp³-hybridized carbons (Fsp3) is 0.357. The third-order valence-corrected chi connectivity index (χ3v) is 5.48. The molecule has 1 unspecified atom stereocenters. The van der Waals surface area contributed by atoms with Crippen LogP contribution in [0.15, 0.2) is 21.2 Å². The zero-order valence-electron chi connectivity index (χ0n) is 11.4. The Hall–Kier alpha value is -1.31. The van der Waals surface area contributed by atoms with Crippen molar-refractivity contribution in [2.24, 2.45) is 0 Å². The Morgan fingerprint density at radius 1 is 1.43 bits per heavy atom. The summed E-state index contributed by atoms with van der Waals surface area (Å²) < 4.78 is 6.20. The summed E-state index contributed by atoms with van der Waals surface area (Å²) in [6, 6.07) is 3.68. The molecule has 0 aromatic carbocycles. The number of likely N-dealkylation sites (N-methyl/N-ethyl adjacent to an activating group) is 1. The first-order valence-corrected chi connectivity index (χ1v) is 8.38. The third-order valence-electron chi connectivity index (χ3n) is 3.90. The molecule has 0 saturated carbocycles. The quantitative estimate of drug-likeness (QED) is 0.813. The zero-order chi connectivity index (χ0) is 14.6. The lowest BCUT2D eigenvalue weighted by atomic mass is 10.0. The fourth-order valence-electron chi connectivity index (χ4n) is 2.87. The van der Waals surface area contributed by atoms with Crippen molar-refractivity contribution < 1.29 is 9.21 Å². The van der Waals surface area contributed by atoms with Crippen LogP contribution in [0.25, 0.3) is 0 Å². The van der Waals surface area contributed by atoms with Crippen molar-refractivity contribution in [2.45, 2.75) is 19.1 Å². The first-order valence-electron chi connectivity index (χ1n) is 6.77. The van der Waals surface area contributed by atoms with Crippen LogP contribution >= 0.6 is 27.3 Å². The number of amides is 1. The topological polar surface area (TPSA) is 57.5 Å². The minimum Gasteiger partial charge on any atom is -0.450 e. The van der Waals surface area contributed by atoms with Crippen LogP contribution in [0.1, 0.15) is 32.7 Å². The van der Waals surface area contributed by atoms with Gasteiger partial charge in [0, 0.05) is 18.0 Å². The van der Waals surface area contributed by atoms with Crippen molar-refractivity contribution in [1.82, 2.24) is 10.2 Å². The van der Waals surface area contributed by atoms with E-state index in [-0.39, 0.29) is 12.1 Å². The zero-order valence-corrected chi connectivity index (χ0v) is 13.8. The first-order chi connectivity index (χ1) is 10.1. The normalized spacial score (nSPS) is 21.4. The van der Waals surface area contributed by atoms with Gasteiger partial charge in [-0.25, -0.2) is 0 Å². The Morgan fingerprint density at radius 3 is 3.05 bits per heavy atom. The summed E-state index contributed by atoms with van der Waals surface area (Å²) in [5.41, 5.74) is 2.03. The summed E-state index contributed by atoms with van der Waals surface area (Å²) >= 11 is 4.97. The molecular weight excluding hydrogens is 354 g/mol. The second kappa shape index (κ2) is 4.86. The van der Waals surface area contributed by atoms with Gasteiger partial charge in [-0.1, -0.05) is 0 Å². The summed E-state index contributed by atoms with van der Waals surface area (Å²) in [7, 11) is 2.11. The molecule has 1 atom stereocenters. The number of nitrogens with one attached hydrogen (secondary N) is 2. The number of fused-ring (bicyclic) bond motifs is 3. The van der Waals surface area contributed by atoms with Crippen LogP contribution < -0.4 is 10.6 Å². The molecule has 5 nitrogen and oxygen atoms in total. The minimum atomic E-state index is -0.311. The Bertz CT molecular complexity index is 724. The number of hydrogen-bond acceptors (Lipinski definition) is 5. The van der Waals surface area contributed by atoms with Gasteiger partial charge in [0.2, 0.25) is 0 Å². The maximum atomic E-state index is 12.5. The van der Waals surface area contributed by atoms with Gasteiger partial charge in [-0.15, -0.1) is 11.3 Å². The first kappa shape index (κ1) is 13.4. The molecule has 0 aliphatic carbocycles. The highest BCUT2D eigenvalue weighted by Gasteiger charge is 2.33. The van der Waals surface area contributed by atoms with E-state index in [2.05, 4.69) is 38.5 Å². The number of thiophene rings is 1. The Labute approximate surface area is 134 Å². The highest BCUT2D eigenvalue weighted by atomic mass is 79.9. The van der Waals surface area contributed by atoms with Gasteiger partial charge in [-0.2, -0.15) is 0 Å². The van der Waals surface area contributed by atoms with Gasteiger partial charge < -0.3 is 20.0 Å². The molecule has 2 N–H and O–H groups in total. The molecule has 2 aromatic heterocycles. The predicted molar refractivity (Wildman–Crippen MR) is 84.6 cm³/mol. The van der Waals surface area contributed by atoms with Gasteiger partial charge in [-0.3, -0.25) is 4.79 Å². The maximum absolute atomic E-state index is 12.5. The molecule has 0 bridgehead atoms. The Kier molecular flexibility index (Phi) is 3.09. The second-order valence-electron chi connectivity index (χ2n) is 5.39. The molecule has 1 amide bonds. The standard InChI is InChI=1S/C14H14BrN3O2S/c1-18-5-4-7-9(6-18)21-14-11(7)13(19)16-12(17-14)8-2-3-10(15)20-8/h2-3,12,17H,4-6H2,1H3,(H,16,19). The number of carbonyl (C=O) groups is 1. The molecule has 7 heteroatoms. The number of carbonyl (C=O) groups excluding carboxylic acids is 1. The van der Waals surface area contributed by atoms with Crippen LogP contribution in [0, 0.1) is 0 Å². The SMILES string of the molecule is CN1CCc2c(sc3c2C(=O)NC(c2ccc(Br)o2)N3)C1. The second-order valence-corrected chi connectivity index (χ2v) is 7.28. The van der Waals surface area contributed by atoms with E-state index in [4.69, 9.17) is 4.42 Å². The van der Waals surface area contributed by atoms with E-state index in [9.17, 15) is 4.79 Å². The van der Waals surface area contributed by atoms with Gasteiger partial charge in [0.05, 0.1) is 5.56 Å². The monoisotopic (exact) mass is 367 g/mol. The lowest BCUT2D eigenvalue weighted by molar-refractivity contribution is 0.0930. The minimum absolute atomic E-state index is 0.0108. The molecule has 0 radical (unpaired) electrons. The number of anilines is 1. The highest BCUT2D eigenvalue weighted by Crippen LogP contribution is 2.40. The van der Waals surface area contributed by atoms with Crippen molar-refractivity contribution in [3.05, 3.63) is 38.6 Å². The van der Waals surface area contributed by atoms with Crippen molar-refractivity contribution >= 4 is 38.2 Å². The summed E-state index contributed by atoms with van der Waals surface area (Å²) in [6.45, 7) is 1.91. The Morgan fingerprint density at radius 2 is 2.29 bits per heavy atom. The van der Waals surface area contributed by atoms with Crippen molar-refractivity contribution in [1.29, 1.82) is 0 Å². The van der Waals surface area contributed by atoms with E-state index in [1.807, 2.05) is 12.1 Å². The molecule has 2 aliphatic heterocycles. The van der Waals surface area contributed by atoms with Gasteiger partial charge >= 0.3 is 0 Å². The van der Waals surface area contributed by atoms with E-state index >= 15 is 0 Å². The van der Waals surface area contributed by atoms with Crippen LogP contribution in [0.2, 0.25) is 0 Å². The molecule has 0 saturated heterocycles. The number of rotatable bonds is 1. The molecular formula is C14H14BrN3O2S. The van der Waals surface area contributed by atoms with Crippen LogP contribution in [-0.4, -0.2) is 24.4 Å². The summed E-state index contributed by atoms with van der Waals surface area (Å²) in [6.07, 6.45) is 0.623. The number of hydrogen-bond donors (Lipinski definition) is 2. The summed E-state index contributed by atoms with van der Waals surface area (Å²) in [5.74, 6) is 0.688. The van der Waals surface area contributed by atoms with E-state index in [1.54, 1.807) is 11.3 Å².